The topological polar surface area (TPSA) is 0 Å². The SMILES string of the molecule is CSc1ccc(C)c2ccccc12.CSc1ccc2ccc(C)cc2c1. The van der Waals surface area contributed by atoms with Gasteiger partial charge in [0, 0.05) is 9.79 Å². The Labute approximate surface area is 165 Å². The third-order valence-corrected chi connectivity index (χ3v) is 6.05. The van der Waals surface area contributed by atoms with Crippen LogP contribution < -0.4 is 0 Å². The van der Waals surface area contributed by atoms with E-state index in [4.69, 9.17) is 0 Å². The van der Waals surface area contributed by atoms with Crippen LogP contribution in [0.25, 0.3) is 21.5 Å². The Balaban J connectivity index is 0.000000151. The smallest absolute Gasteiger partial charge is 0.0148 e. The van der Waals surface area contributed by atoms with E-state index in [1.54, 1.807) is 23.5 Å². The van der Waals surface area contributed by atoms with Crippen molar-refractivity contribution in [1.29, 1.82) is 0 Å². The van der Waals surface area contributed by atoms with Gasteiger partial charge in [0.1, 0.15) is 0 Å². The number of benzene rings is 4. The van der Waals surface area contributed by atoms with Crippen molar-refractivity contribution < 1.29 is 0 Å². The summed E-state index contributed by atoms with van der Waals surface area (Å²) in [6.45, 7) is 4.29. The predicted octanol–water partition coefficient (Wildman–Crippen LogP) is 7.74. The summed E-state index contributed by atoms with van der Waals surface area (Å²) >= 11 is 3.60. The van der Waals surface area contributed by atoms with E-state index in [2.05, 4.69) is 99.2 Å². The molecule has 0 saturated carbocycles. The van der Waals surface area contributed by atoms with Crippen molar-refractivity contribution in [2.45, 2.75) is 23.6 Å². The third kappa shape index (κ3) is 4.25. The van der Waals surface area contributed by atoms with Gasteiger partial charge in [-0.3, -0.25) is 0 Å². The number of fused-ring (bicyclic) bond motifs is 2. The first kappa shape index (κ1) is 18.9. The highest BCUT2D eigenvalue weighted by molar-refractivity contribution is 7.99. The number of aryl methyl sites for hydroxylation is 2. The van der Waals surface area contributed by atoms with Crippen molar-refractivity contribution in [2.75, 3.05) is 12.5 Å². The van der Waals surface area contributed by atoms with Gasteiger partial charge in [-0.25, -0.2) is 0 Å². The van der Waals surface area contributed by atoms with Crippen LogP contribution in [0.4, 0.5) is 0 Å². The van der Waals surface area contributed by atoms with Gasteiger partial charge in [-0.15, -0.1) is 23.5 Å². The van der Waals surface area contributed by atoms with Crippen molar-refractivity contribution in [3.8, 4) is 0 Å². The van der Waals surface area contributed by atoms with Crippen LogP contribution in [0.15, 0.2) is 82.6 Å². The molecule has 0 amide bonds. The maximum Gasteiger partial charge on any atom is 0.0148 e. The zero-order valence-corrected chi connectivity index (χ0v) is 17.4. The zero-order valence-electron chi connectivity index (χ0n) is 15.7. The molecular formula is C24H24S2. The number of hydrogen-bond acceptors (Lipinski definition) is 2. The molecule has 0 heterocycles. The predicted molar refractivity (Wildman–Crippen MR) is 121 cm³/mol. The van der Waals surface area contributed by atoms with E-state index in [9.17, 15) is 0 Å². The molecule has 0 aliphatic heterocycles. The summed E-state index contributed by atoms with van der Waals surface area (Å²) in [6, 6.07) is 26.1. The van der Waals surface area contributed by atoms with Crippen LogP contribution in [0, 0.1) is 13.8 Å². The molecule has 0 aliphatic carbocycles. The van der Waals surface area contributed by atoms with Gasteiger partial charge in [0.25, 0.3) is 0 Å². The van der Waals surface area contributed by atoms with Gasteiger partial charge in [0.2, 0.25) is 0 Å². The highest BCUT2D eigenvalue weighted by Crippen LogP contribution is 2.28. The standard InChI is InChI=1S/2C12H12S/c1-9-3-4-10-5-6-12(13-2)8-11(10)7-9;1-9-7-8-12(13-2)11-6-4-3-5-10(9)11/h2*3-8H,1-2H3. The highest BCUT2D eigenvalue weighted by Gasteiger charge is 2.00. The molecule has 4 aromatic rings. The number of rotatable bonds is 2. The van der Waals surface area contributed by atoms with Gasteiger partial charge in [-0.05, 0) is 71.7 Å². The van der Waals surface area contributed by atoms with Gasteiger partial charge in [0.05, 0.1) is 0 Å². The quantitative estimate of drug-likeness (QED) is 0.328. The number of thioether (sulfide) groups is 2. The fraction of sp³-hybridized carbons (Fsp3) is 0.167. The third-order valence-electron chi connectivity index (χ3n) is 4.52. The minimum absolute atomic E-state index is 1.32. The van der Waals surface area contributed by atoms with E-state index in [0.717, 1.165) is 0 Å². The van der Waals surface area contributed by atoms with E-state index in [1.165, 1.54) is 42.5 Å². The van der Waals surface area contributed by atoms with Crippen LogP contribution in [0.5, 0.6) is 0 Å². The van der Waals surface area contributed by atoms with Crippen molar-refractivity contribution in [1.82, 2.24) is 0 Å². The lowest BCUT2D eigenvalue weighted by Gasteiger charge is -2.05. The molecule has 0 saturated heterocycles. The molecule has 4 aromatic carbocycles. The second-order valence-corrected chi connectivity index (χ2v) is 8.07. The molecule has 0 radical (unpaired) electrons. The van der Waals surface area contributed by atoms with E-state index >= 15 is 0 Å². The van der Waals surface area contributed by atoms with Crippen molar-refractivity contribution >= 4 is 45.1 Å². The summed E-state index contributed by atoms with van der Waals surface area (Å²) < 4.78 is 0. The van der Waals surface area contributed by atoms with Crippen molar-refractivity contribution in [2.24, 2.45) is 0 Å². The van der Waals surface area contributed by atoms with E-state index in [-0.39, 0.29) is 0 Å². The van der Waals surface area contributed by atoms with Crippen LogP contribution in [-0.4, -0.2) is 12.5 Å². The van der Waals surface area contributed by atoms with Crippen molar-refractivity contribution in [3.63, 3.8) is 0 Å². The van der Waals surface area contributed by atoms with E-state index in [0.29, 0.717) is 0 Å². The Morgan fingerprint density at radius 3 is 2.08 bits per heavy atom. The minimum atomic E-state index is 1.32. The van der Waals surface area contributed by atoms with Crippen LogP contribution in [0.3, 0.4) is 0 Å². The highest BCUT2D eigenvalue weighted by atomic mass is 32.2. The van der Waals surface area contributed by atoms with E-state index in [1.807, 2.05) is 0 Å². The van der Waals surface area contributed by atoms with Gasteiger partial charge < -0.3 is 0 Å². The normalized spacial score (nSPS) is 10.6. The fourth-order valence-electron chi connectivity index (χ4n) is 3.07. The Kier molecular flexibility index (Phi) is 6.29. The second kappa shape index (κ2) is 8.66. The van der Waals surface area contributed by atoms with Crippen LogP contribution in [-0.2, 0) is 0 Å². The lowest BCUT2D eigenvalue weighted by molar-refractivity contribution is 1.46. The van der Waals surface area contributed by atoms with Crippen molar-refractivity contribution in [3.05, 3.63) is 83.9 Å². The minimum Gasteiger partial charge on any atom is -0.130 e. The average Bonchev–Trinajstić information content (AvgIpc) is 2.68. The molecular weight excluding hydrogens is 352 g/mol. The van der Waals surface area contributed by atoms with Gasteiger partial charge in [0.15, 0.2) is 0 Å². The molecule has 132 valence electrons. The fourth-order valence-corrected chi connectivity index (χ4v) is 4.12. The zero-order chi connectivity index (χ0) is 18.5. The lowest BCUT2D eigenvalue weighted by Crippen LogP contribution is -1.80. The maximum atomic E-state index is 2.24. The largest absolute Gasteiger partial charge is 0.130 e. The maximum absolute atomic E-state index is 2.24. The molecule has 0 aromatic heterocycles. The molecule has 0 bridgehead atoms. The average molecular weight is 377 g/mol. The molecule has 0 nitrogen and oxygen atoms in total. The second-order valence-electron chi connectivity index (χ2n) is 6.35. The Hall–Kier alpha value is -1.90. The van der Waals surface area contributed by atoms with Gasteiger partial charge >= 0.3 is 0 Å². The summed E-state index contributed by atoms with van der Waals surface area (Å²) in [7, 11) is 0. The van der Waals surface area contributed by atoms with E-state index < -0.39 is 0 Å². The molecule has 0 N–H and O–H groups in total. The van der Waals surface area contributed by atoms with Crippen LogP contribution in [0.1, 0.15) is 11.1 Å². The van der Waals surface area contributed by atoms with Crippen LogP contribution in [0.2, 0.25) is 0 Å². The molecule has 4 rings (SSSR count). The summed E-state index contributed by atoms with van der Waals surface area (Å²) in [6.07, 6.45) is 4.23. The van der Waals surface area contributed by atoms with Crippen LogP contribution >= 0.6 is 23.5 Å². The molecule has 0 fully saturated rings. The Morgan fingerprint density at radius 1 is 0.615 bits per heavy atom. The van der Waals surface area contributed by atoms with Gasteiger partial charge in [-0.2, -0.15) is 0 Å². The summed E-state index contributed by atoms with van der Waals surface area (Å²) in [4.78, 5) is 2.69. The first-order valence-electron chi connectivity index (χ1n) is 8.69. The molecule has 2 heteroatoms. The Bertz CT molecular complexity index is 1030. The van der Waals surface area contributed by atoms with Gasteiger partial charge in [-0.1, -0.05) is 60.2 Å². The first-order chi connectivity index (χ1) is 12.6. The number of hydrogen-bond donors (Lipinski definition) is 0. The molecule has 0 aliphatic rings. The molecule has 0 spiro atoms. The molecule has 26 heavy (non-hydrogen) atoms. The summed E-state index contributed by atoms with van der Waals surface area (Å²) in [5.41, 5.74) is 2.68. The molecule has 0 unspecified atom stereocenters. The first-order valence-corrected chi connectivity index (χ1v) is 11.1. The Morgan fingerprint density at radius 2 is 1.35 bits per heavy atom. The molecule has 0 atom stereocenters. The summed E-state index contributed by atoms with van der Waals surface area (Å²) in [5, 5.41) is 5.40. The summed E-state index contributed by atoms with van der Waals surface area (Å²) in [5.74, 6) is 0. The lowest BCUT2D eigenvalue weighted by atomic mass is 10.1. The monoisotopic (exact) mass is 376 g/mol.